The van der Waals surface area contributed by atoms with E-state index in [2.05, 4.69) is 42.5 Å². The molecule has 10 amide bonds. The maximum absolute atomic E-state index is 13.3. The minimum absolute atomic E-state index is 0.0701. The fourth-order valence-corrected chi connectivity index (χ4v) is 5.77. The molecule has 0 unspecified atom stereocenters. The van der Waals surface area contributed by atoms with Crippen LogP contribution in [0.25, 0.3) is 0 Å². The number of carbonyl (C=O) groups is 12. The molecule has 1 rings (SSSR count). The Morgan fingerprint density at radius 2 is 1.16 bits per heavy atom. The van der Waals surface area contributed by atoms with Gasteiger partial charge >= 0.3 is 11.9 Å². The van der Waals surface area contributed by atoms with E-state index in [0.29, 0.717) is 6.42 Å². The van der Waals surface area contributed by atoms with E-state index in [1.807, 2.05) is 0 Å². The van der Waals surface area contributed by atoms with Crippen molar-refractivity contribution in [2.45, 2.75) is 116 Å². The average molecular weight is 886 g/mol. The van der Waals surface area contributed by atoms with Gasteiger partial charge in [0, 0.05) is 6.54 Å². The van der Waals surface area contributed by atoms with Gasteiger partial charge < -0.3 is 74.2 Å². The number of amides is 10. The minimum Gasteiger partial charge on any atom is -0.481 e. The van der Waals surface area contributed by atoms with Gasteiger partial charge in [0.2, 0.25) is 59.1 Å². The highest BCUT2D eigenvalue weighted by atomic mass is 16.4. The quantitative estimate of drug-likeness (QED) is 0.0405. The second kappa shape index (κ2) is 25.4. The van der Waals surface area contributed by atoms with Crippen molar-refractivity contribution in [3.63, 3.8) is 0 Å². The Labute approximate surface area is 356 Å². The Morgan fingerprint density at radius 1 is 0.629 bits per heavy atom. The molecule has 8 atom stereocenters. The summed E-state index contributed by atoms with van der Waals surface area (Å²) in [4.78, 5) is 152. The van der Waals surface area contributed by atoms with Crippen LogP contribution < -0.4 is 54.0 Å². The molecule has 0 aromatic heterocycles. The smallest absolute Gasteiger partial charge is 0.326 e. The predicted octanol–water partition coefficient (Wildman–Crippen LogP) is -6.78. The highest BCUT2D eigenvalue weighted by Gasteiger charge is 2.38. The third-order valence-corrected chi connectivity index (χ3v) is 9.30. The van der Waals surface area contributed by atoms with Crippen molar-refractivity contribution in [2.75, 3.05) is 26.2 Å². The van der Waals surface area contributed by atoms with E-state index >= 15 is 0 Å². The van der Waals surface area contributed by atoms with Gasteiger partial charge in [-0.15, -0.1) is 0 Å². The molecule has 0 spiro atoms. The van der Waals surface area contributed by atoms with Crippen molar-refractivity contribution in [3.8, 4) is 0 Å². The van der Waals surface area contributed by atoms with E-state index < -0.39 is 164 Å². The monoisotopic (exact) mass is 885 g/mol. The zero-order valence-corrected chi connectivity index (χ0v) is 35.3. The largest absolute Gasteiger partial charge is 0.481 e. The van der Waals surface area contributed by atoms with Crippen LogP contribution in [-0.2, 0) is 57.5 Å². The van der Waals surface area contributed by atoms with Gasteiger partial charge in [0.15, 0.2) is 0 Å². The predicted molar refractivity (Wildman–Crippen MR) is 212 cm³/mol. The number of nitrogens with zero attached hydrogens (tertiary/aromatic N) is 1. The lowest BCUT2D eigenvalue weighted by Gasteiger charge is -2.27. The van der Waals surface area contributed by atoms with Crippen molar-refractivity contribution in [2.24, 2.45) is 23.3 Å². The number of carboxylic acids is 2. The SMILES string of the molecule is CC(C)[C@H](NC(=O)[C@H](C)NC(=O)[C@@H](NC(=O)[C@H](C)NC(=O)CNC(=O)[C@H](CC(N)=O)NC(=O)[C@H](CC(=O)O)NC(=O)[C@@H]1CCCN1C(=O)CNC(=O)[C@@H](N)CO)C(C)C)C(=O)O. The summed E-state index contributed by atoms with van der Waals surface area (Å²) in [6, 6.07) is -11.1. The highest BCUT2D eigenvalue weighted by Crippen LogP contribution is 2.18. The van der Waals surface area contributed by atoms with Gasteiger partial charge in [-0.05, 0) is 38.5 Å². The van der Waals surface area contributed by atoms with E-state index in [4.69, 9.17) is 16.6 Å². The lowest BCUT2D eigenvalue weighted by molar-refractivity contribution is -0.143. The first-order valence-electron chi connectivity index (χ1n) is 19.6. The molecule has 62 heavy (non-hydrogen) atoms. The third-order valence-electron chi connectivity index (χ3n) is 9.30. The Bertz CT molecular complexity index is 1710. The van der Waals surface area contributed by atoms with Crippen molar-refractivity contribution in [1.82, 2.24) is 47.4 Å². The summed E-state index contributed by atoms with van der Waals surface area (Å²) in [7, 11) is 0. The number of likely N-dealkylation sites (tertiary alicyclic amines) is 1. The zero-order chi connectivity index (χ0) is 47.6. The van der Waals surface area contributed by atoms with Gasteiger partial charge in [-0.1, -0.05) is 27.7 Å². The van der Waals surface area contributed by atoms with Crippen LogP contribution in [0.2, 0.25) is 0 Å². The van der Waals surface area contributed by atoms with Crippen LogP contribution in [0.1, 0.15) is 67.2 Å². The van der Waals surface area contributed by atoms with E-state index in [0.717, 1.165) is 4.90 Å². The van der Waals surface area contributed by atoms with Crippen molar-refractivity contribution >= 4 is 71.0 Å². The maximum atomic E-state index is 13.3. The summed E-state index contributed by atoms with van der Waals surface area (Å²) in [6.45, 7) is 6.88. The van der Waals surface area contributed by atoms with E-state index in [-0.39, 0.29) is 13.0 Å². The van der Waals surface area contributed by atoms with Gasteiger partial charge in [0.05, 0.1) is 32.5 Å². The number of aliphatic hydroxyl groups excluding tert-OH is 1. The number of carbonyl (C=O) groups excluding carboxylic acids is 10. The van der Waals surface area contributed by atoms with Crippen LogP contribution in [-0.4, -0.2) is 166 Å². The van der Waals surface area contributed by atoms with Crippen molar-refractivity contribution in [3.05, 3.63) is 0 Å². The molecule has 0 saturated carbocycles. The van der Waals surface area contributed by atoms with Gasteiger partial charge in [-0.3, -0.25) is 52.7 Å². The maximum Gasteiger partial charge on any atom is 0.326 e. The molecule has 0 aromatic rings. The fraction of sp³-hybridized carbons (Fsp3) is 0.667. The lowest BCUT2D eigenvalue weighted by Crippen LogP contribution is -2.59. The molecule has 1 heterocycles. The number of aliphatic hydroxyl groups is 1. The topological polar surface area (TPSA) is 417 Å². The van der Waals surface area contributed by atoms with Crippen LogP contribution in [0.3, 0.4) is 0 Å². The molecular weight excluding hydrogens is 826 g/mol. The first-order valence-corrected chi connectivity index (χ1v) is 19.6. The zero-order valence-electron chi connectivity index (χ0n) is 35.3. The van der Waals surface area contributed by atoms with Crippen molar-refractivity contribution in [1.29, 1.82) is 0 Å². The van der Waals surface area contributed by atoms with Gasteiger partial charge in [0.1, 0.15) is 48.3 Å². The van der Waals surface area contributed by atoms with E-state index in [1.54, 1.807) is 27.7 Å². The van der Waals surface area contributed by atoms with Crippen LogP contribution >= 0.6 is 0 Å². The Hall–Kier alpha value is -6.44. The molecule has 26 nitrogen and oxygen atoms in total. The number of hydrogen-bond acceptors (Lipinski definition) is 14. The van der Waals surface area contributed by atoms with E-state index in [9.17, 15) is 67.7 Å². The number of hydrogen-bond donors (Lipinski definition) is 13. The summed E-state index contributed by atoms with van der Waals surface area (Å²) >= 11 is 0. The van der Waals surface area contributed by atoms with Gasteiger partial charge in [-0.25, -0.2) is 4.79 Å². The number of carboxylic acid groups (broad SMARTS) is 2. The summed E-state index contributed by atoms with van der Waals surface area (Å²) in [5, 5.41) is 46.0. The van der Waals surface area contributed by atoms with E-state index in [1.165, 1.54) is 13.8 Å². The Morgan fingerprint density at radius 3 is 1.68 bits per heavy atom. The summed E-state index contributed by atoms with van der Waals surface area (Å²) in [6.07, 6.45) is -1.43. The summed E-state index contributed by atoms with van der Waals surface area (Å²) in [5.74, 6) is -13.2. The van der Waals surface area contributed by atoms with Gasteiger partial charge in [-0.2, -0.15) is 0 Å². The summed E-state index contributed by atoms with van der Waals surface area (Å²) < 4.78 is 0. The van der Waals surface area contributed by atoms with Crippen LogP contribution in [0.5, 0.6) is 0 Å². The molecule has 1 fully saturated rings. The van der Waals surface area contributed by atoms with Crippen LogP contribution in [0.4, 0.5) is 0 Å². The number of primary amides is 1. The molecule has 0 aromatic carbocycles. The average Bonchev–Trinajstić information content (AvgIpc) is 3.68. The number of nitrogens with one attached hydrogen (secondary N) is 8. The molecule has 1 aliphatic rings. The molecule has 0 radical (unpaired) electrons. The molecule has 0 aliphatic carbocycles. The number of nitrogens with two attached hydrogens (primary N) is 2. The molecule has 0 bridgehead atoms. The second-order valence-corrected chi connectivity index (χ2v) is 15.2. The number of rotatable bonds is 25. The van der Waals surface area contributed by atoms with Crippen LogP contribution in [0, 0.1) is 11.8 Å². The molecule has 26 heteroatoms. The first kappa shape index (κ1) is 53.6. The standard InChI is InChI=1S/C36H59N11O15/c1-15(2)27(35(60)42-18(6)30(55)46-28(16(3)4)36(61)62)45-29(54)17(5)41-24(50)12-39-32(57)20(10-23(38)49)43-33(58)21(11-26(52)53)44-34(59)22-8-7-9-47(22)25(51)13-40-31(56)19(37)14-48/h15-22,27-28,48H,7-14,37H2,1-6H3,(H2,38,49)(H,39,57)(H,40,56)(H,41,50)(H,42,60)(H,43,58)(H,44,59)(H,45,54)(H,46,55)(H,52,53)(H,61,62)/t17-,18-,19-,20-,21-,22-,27-,28-/m0/s1. The molecule has 348 valence electrons. The number of aliphatic carboxylic acids is 2. The minimum atomic E-state index is -1.85. The summed E-state index contributed by atoms with van der Waals surface area (Å²) in [5.41, 5.74) is 10.7. The third kappa shape index (κ3) is 17.6. The molecular formula is C36H59N11O15. The molecule has 1 saturated heterocycles. The normalized spacial score (nSPS) is 16.8. The first-order chi connectivity index (χ1) is 28.8. The lowest BCUT2D eigenvalue weighted by atomic mass is 10.0. The van der Waals surface area contributed by atoms with Gasteiger partial charge in [0.25, 0.3) is 0 Å². The van der Waals surface area contributed by atoms with Crippen molar-refractivity contribution < 1.29 is 72.9 Å². The fourth-order valence-electron chi connectivity index (χ4n) is 5.77. The van der Waals surface area contributed by atoms with Crippen LogP contribution in [0.15, 0.2) is 0 Å². The Kier molecular flexibility index (Phi) is 21.9. The molecule has 15 N–H and O–H groups in total. The Balaban J connectivity index is 2.91. The molecule has 1 aliphatic heterocycles. The highest BCUT2D eigenvalue weighted by molar-refractivity contribution is 5.99. The second-order valence-electron chi connectivity index (χ2n) is 15.2.